The third-order valence-corrected chi connectivity index (χ3v) is 17.7. The SMILES string of the molecule is CC(C)(C)c1nc2cc(S(=O)(=O)N3CC[C@H](N)C3)ccc2n1CC1CCC(F)(F)CC1.CCC(=O)C[C@H]1CCN(S(=O)(=O)c2ccc3c(c2)nc(C(C)(C)C)n3CC2CCC(F)(F)CC2)C1.Cl. The molecule has 2 saturated carbocycles. The summed E-state index contributed by atoms with van der Waals surface area (Å²) in [4.78, 5) is 21.9. The summed E-state index contributed by atoms with van der Waals surface area (Å²) >= 11 is 0. The van der Waals surface area contributed by atoms with Crippen molar-refractivity contribution in [1.82, 2.24) is 27.7 Å². The van der Waals surface area contributed by atoms with Gasteiger partial charge in [0.05, 0.1) is 31.9 Å². The Morgan fingerprint density at radius 3 is 1.43 bits per heavy atom. The minimum absolute atomic E-state index is 0. The Labute approximate surface area is 400 Å². The smallest absolute Gasteiger partial charge is 0.248 e. The highest BCUT2D eigenvalue weighted by molar-refractivity contribution is 7.89. The van der Waals surface area contributed by atoms with Crippen molar-refractivity contribution in [3.8, 4) is 0 Å². The number of carbonyl (C=O) groups is 1. The van der Waals surface area contributed by atoms with E-state index in [0.717, 1.165) is 22.7 Å². The van der Waals surface area contributed by atoms with Crippen LogP contribution in [-0.4, -0.2) is 94.4 Å². The molecule has 4 fully saturated rings. The van der Waals surface area contributed by atoms with Gasteiger partial charge in [0.25, 0.3) is 0 Å². The summed E-state index contributed by atoms with van der Waals surface area (Å²) in [6.45, 7) is 16.9. The number of carbonyl (C=O) groups excluding carboxylic acids is 1. The summed E-state index contributed by atoms with van der Waals surface area (Å²) in [6.07, 6.45) is 3.84. The van der Waals surface area contributed by atoms with Crippen LogP contribution >= 0.6 is 12.4 Å². The lowest BCUT2D eigenvalue weighted by atomic mass is 9.86. The fourth-order valence-electron chi connectivity index (χ4n) is 10.1. The van der Waals surface area contributed by atoms with Crippen LogP contribution in [0, 0.1) is 17.8 Å². The number of nitrogens with zero attached hydrogens (tertiary/aromatic N) is 6. The molecule has 8 rings (SSSR count). The fourth-order valence-corrected chi connectivity index (χ4v) is 13.1. The van der Waals surface area contributed by atoms with Crippen molar-refractivity contribution in [2.24, 2.45) is 23.5 Å². The normalized spacial score (nSPS) is 22.5. The quantitative estimate of drug-likeness (QED) is 0.146. The molecule has 19 heteroatoms. The molecule has 4 aliphatic rings. The highest BCUT2D eigenvalue weighted by Crippen LogP contribution is 2.40. The molecule has 374 valence electrons. The largest absolute Gasteiger partial charge is 0.327 e. The molecular formula is C48H70ClF4N7O5S2. The maximum Gasteiger partial charge on any atom is 0.248 e. The number of ketones is 1. The molecule has 2 atom stereocenters. The standard InChI is InChI=1S/C26H37F2N3O3S.C22H32F2N4O2S.ClH/c1-5-20(32)14-19-10-13-30(16-19)35(33,34)21-6-7-23-22(15-21)29-24(25(2,3)4)31(23)17-18-8-11-26(27,28)12-9-18;1-21(2,3)20-26-18-12-17(31(29,30)27-11-8-16(25)14-27)4-5-19(18)28(20)13-15-6-9-22(23,24)10-7-15;/h6-7,15,18-19H,5,8-14,16-17H2,1-4H3;4-5,12,15-16H,6-11,13-14,25H2,1-3H3;1H/t19-;16-;/m10./s1. The average Bonchev–Trinajstić information content (AvgIpc) is 4.05. The highest BCUT2D eigenvalue weighted by atomic mass is 35.5. The summed E-state index contributed by atoms with van der Waals surface area (Å²) in [5, 5.41) is 0. The molecule has 2 aliphatic heterocycles. The van der Waals surface area contributed by atoms with Gasteiger partial charge in [0.1, 0.15) is 17.4 Å². The van der Waals surface area contributed by atoms with Crippen molar-refractivity contribution >= 4 is 60.3 Å². The first-order valence-electron chi connectivity index (χ1n) is 23.7. The van der Waals surface area contributed by atoms with Gasteiger partial charge in [-0.25, -0.2) is 44.4 Å². The lowest BCUT2D eigenvalue weighted by Crippen LogP contribution is -2.31. The molecule has 0 spiro atoms. The maximum atomic E-state index is 13.7. The minimum Gasteiger partial charge on any atom is -0.327 e. The number of alkyl halides is 4. The number of hydrogen-bond donors (Lipinski definition) is 1. The Hall–Kier alpha value is -3.16. The summed E-state index contributed by atoms with van der Waals surface area (Å²) in [5.74, 6) is -2.91. The first kappa shape index (κ1) is 53.2. The van der Waals surface area contributed by atoms with E-state index in [1.54, 1.807) is 36.4 Å². The van der Waals surface area contributed by atoms with E-state index < -0.39 is 31.9 Å². The Bertz CT molecular complexity index is 2620. The molecule has 4 aromatic rings. The second-order valence-electron chi connectivity index (χ2n) is 21.5. The van der Waals surface area contributed by atoms with Crippen LogP contribution in [0.1, 0.15) is 137 Å². The number of imidazole rings is 2. The van der Waals surface area contributed by atoms with Crippen LogP contribution in [0.15, 0.2) is 46.2 Å². The third kappa shape index (κ3) is 12.1. The molecule has 12 nitrogen and oxygen atoms in total. The molecule has 4 heterocycles. The van der Waals surface area contributed by atoms with Crippen molar-refractivity contribution in [2.45, 2.75) is 177 Å². The zero-order valence-corrected chi connectivity index (χ0v) is 42.5. The van der Waals surface area contributed by atoms with Gasteiger partial charge in [0.15, 0.2) is 0 Å². The number of sulfonamides is 2. The first-order valence-corrected chi connectivity index (χ1v) is 26.6. The number of benzene rings is 2. The predicted octanol–water partition coefficient (Wildman–Crippen LogP) is 9.84. The number of hydrogen-bond acceptors (Lipinski definition) is 8. The zero-order valence-electron chi connectivity index (χ0n) is 40.0. The van der Waals surface area contributed by atoms with Crippen LogP contribution in [-0.2, 0) is 48.8 Å². The maximum absolute atomic E-state index is 13.7. The van der Waals surface area contributed by atoms with E-state index in [1.807, 2.05) is 6.92 Å². The predicted molar refractivity (Wildman–Crippen MR) is 256 cm³/mol. The van der Waals surface area contributed by atoms with Crippen LogP contribution in [0.5, 0.6) is 0 Å². The number of nitrogens with two attached hydrogens (primary N) is 1. The Balaban J connectivity index is 0.000000219. The number of halogens is 5. The van der Waals surface area contributed by atoms with E-state index in [1.165, 1.54) is 8.61 Å². The van der Waals surface area contributed by atoms with Gasteiger partial charge in [-0.1, -0.05) is 48.5 Å². The second kappa shape index (κ2) is 19.9. The summed E-state index contributed by atoms with van der Waals surface area (Å²) in [6, 6.07) is 10.00. The van der Waals surface area contributed by atoms with E-state index in [-0.39, 0.29) is 88.3 Å². The highest BCUT2D eigenvalue weighted by Gasteiger charge is 2.39. The Morgan fingerprint density at radius 1 is 0.657 bits per heavy atom. The molecule has 2 aromatic carbocycles. The number of fused-ring (bicyclic) bond motifs is 2. The van der Waals surface area contributed by atoms with E-state index >= 15 is 0 Å². The number of rotatable bonds is 11. The molecule has 2 aromatic heterocycles. The molecule has 0 bridgehead atoms. The molecule has 2 aliphatic carbocycles. The topological polar surface area (TPSA) is 153 Å². The van der Waals surface area contributed by atoms with E-state index in [0.29, 0.717) is 102 Å². The lowest BCUT2D eigenvalue weighted by Gasteiger charge is -2.30. The summed E-state index contributed by atoms with van der Waals surface area (Å²) in [7, 11) is -7.32. The van der Waals surface area contributed by atoms with Gasteiger partial charge in [0.2, 0.25) is 31.9 Å². The van der Waals surface area contributed by atoms with Gasteiger partial charge < -0.3 is 14.9 Å². The molecule has 2 N–H and O–H groups in total. The van der Waals surface area contributed by atoms with Crippen LogP contribution in [0.4, 0.5) is 17.6 Å². The van der Waals surface area contributed by atoms with Crippen LogP contribution < -0.4 is 5.73 Å². The lowest BCUT2D eigenvalue weighted by molar-refractivity contribution is -0.119. The fraction of sp³-hybridized carbons (Fsp3) is 0.688. The van der Waals surface area contributed by atoms with Gasteiger partial charge in [-0.2, -0.15) is 8.61 Å². The number of Topliss-reactive ketones (excluding diaryl/α,β-unsaturated/α-hetero) is 1. The van der Waals surface area contributed by atoms with Gasteiger partial charge in [-0.3, -0.25) is 4.79 Å². The molecule has 0 amide bonds. The Morgan fingerprint density at radius 2 is 1.06 bits per heavy atom. The van der Waals surface area contributed by atoms with Gasteiger partial charge in [-0.15, -0.1) is 12.4 Å². The van der Waals surface area contributed by atoms with Crippen LogP contribution in [0.25, 0.3) is 22.1 Å². The molecule has 67 heavy (non-hydrogen) atoms. The van der Waals surface area contributed by atoms with Crippen molar-refractivity contribution in [2.75, 3.05) is 26.2 Å². The number of aromatic nitrogens is 4. The van der Waals surface area contributed by atoms with E-state index in [2.05, 4.69) is 50.7 Å². The van der Waals surface area contributed by atoms with Crippen molar-refractivity contribution in [1.29, 1.82) is 0 Å². The summed E-state index contributed by atoms with van der Waals surface area (Å²) < 4.78 is 115. The Kier molecular flexibility index (Phi) is 15.8. The van der Waals surface area contributed by atoms with Gasteiger partial charge in [-0.05, 0) is 92.7 Å². The minimum atomic E-state index is -3.70. The van der Waals surface area contributed by atoms with Crippen LogP contribution in [0.2, 0.25) is 0 Å². The van der Waals surface area contributed by atoms with Crippen molar-refractivity contribution in [3.05, 3.63) is 48.0 Å². The molecule has 0 unspecified atom stereocenters. The molecule has 0 radical (unpaired) electrons. The van der Waals surface area contributed by atoms with Crippen molar-refractivity contribution in [3.63, 3.8) is 0 Å². The van der Waals surface area contributed by atoms with Gasteiger partial charge in [0, 0.05) is 94.7 Å². The zero-order chi connectivity index (χ0) is 48.2. The summed E-state index contributed by atoms with van der Waals surface area (Å²) in [5.41, 5.74) is 8.25. The second-order valence-corrected chi connectivity index (χ2v) is 25.4. The van der Waals surface area contributed by atoms with Crippen molar-refractivity contribution < 1.29 is 39.2 Å². The first-order chi connectivity index (χ1) is 30.7. The van der Waals surface area contributed by atoms with E-state index in [9.17, 15) is 39.2 Å². The van der Waals surface area contributed by atoms with Gasteiger partial charge >= 0.3 is 0 Å². The average molecular weight is 1000 g/mol. The molecule has 2 saturated heterocycles. The monoisotopic (exact) mass is 999 g/mol. The van der Waals surface area contributed by atoms with E-state index in [4.69, 9.17) is 15.7 Å². The van der Waals surface area contributed by atoms with Crippen LogP contribution in [0.3, 0.4) is 0 Å². The molecular weight excluding hydrogens is 930 g/mol. The third-order valence-electron chi connectivity index (χ3n) is 14.0.